The zero-order valence-corrected chi connectivity index (χ0v) is 12.3. The number of carbonyl (C=O) groups excluding carboxylic acids is 1. The second-order valence-electron chi connectivity index (χ2n) is 4.95. The van der Waals surface area contributed by atoms with Crippen molar-refractivity contribution in [3.05, 3.63) is 11.6 Å². The Balaban J connectivity index is 2.39. The summed E-state index contributed by atoms with van der Waals surface area (Å²) in [4.78, 5) is 11.5. The van der Waals surface area contributed by atoms with Crippen LogP contribution >= 0.6 is 0 Å². The van der Waals surface area contributed by atoms with Crippen molar-refractivity contribution in [2.24, 2.45) is 0 Å². The molecule has 0 spiro atoms. The van der Waals surface area contributed by atoms with Crippen molar-refractivity contribution in [2.75, 3.05) is 13.7 Å². The van der Waals surface area contributed by atoms with Crippen LogP contribution in [0.3, 0.4) is 0 Å². The van der Waals surface area contributed by atoms with E-state index in [1.807, 2.05) is 19.9 Å². The van der Waals surface area contributed by atoms with Gasteiger partial charge in [-0.15, -0.1) is 0 Å². The third kappa shape index (κ3) is 6.21. The molecule has 4 nitrogen and oxygen atoms in total. The summed E-state index contributed by atoms with van der Waals surface area (Å²) < 4.78 is 16.1. The molecule has 0 amide bonds. The van der Waals surface area contributed by atoms with Gasteiger partial charge in [0.15, 0.2) is 6.29 Å². The zero-order chi connectivity index (χ0) is 14.1. The summed E-state index contributed by atoms with van der Waals surface area (Å²) in [6.45, 7) is 4.85. The molecule has 0 aromatic rings. The molecule has 110 valence electrons. The van der Waals surface area contributed by atoms with Crippen LogP contribution in [-0.2, 0) is 19.0 Å². The molecular formula is C15H26O4. The maximum absolute atomic E-state index is 11.5. The number of esters is 1. The van der Waals surface area contributed by atoms with Crippen molar-refractivity contribution in [1.29, 1.82) is 0 Å². The highest BCUT2D eigenvalue weighted by Crippen LogP contribution is 2.17. The Morgan fingerprint density at radius 2 is 2.26 bits per heavy atom. The van der Waals surface area contributed by atoms with Gasteiger partial charge in [-0.25, -0.2) is 4.79 Å². The number of ether oxygens (including phenoxy) is 3. The largest absolute Gasteiger partial charge is 0.466 e. The van der Waals surface area contributed by atoms with E-state index >= 15 is 0 Å². The fourth-order valence-electron chi connectivity index (χ4n) is 2.13. The van der Waals surface area contributed by atoms with Crippen LogP contribution in [0.5, 0.6) is 0 Å². The smallest absolute Gasteiger partial charge is 0.333 e. The van der Waals surface area contributed by atoms with Crippen molar-refractivity contribution < 1.29 is 19.0 Å². The van der Waals surface area contributed by atoms with E-state index in [0.29, 0.717) is 6.42 Å². The third-order valence-corrected chi connectivity index (χ3v) is 3.19. The molecule has 19 heavy (non-hydrogen) atoms. The number of hydrogen-bond acceptors (Lipinski definition) is 4. The highest BCUT2D eigenvalue weighted by Gasteiger charge is 2.17. The molecule has 0 aliphatic carbocycles. The van der Waals surface area contributed by atoms with E-state index in [9.17, 15) is 4.79 Å². The summed E-state index contributed by atoms with van der Waals surface area (Å²) in [5.74, 6) is -0.233. The van der Waals surface area contributed by atoms with Crippen molar-refractivity contribution in [3.8, 4) is 0 Å². The van der Waals surface area contributed by atoms with Crippen LogP contribution in [0.2, 0.25) is 0 Å². The molecule has 0 radical (unpaired) electrons. The van der Waals surface area contributed by atoms with Gasteiger partial charge in [-0.3, -0.25) is 0 Å². The second kappa shape index (κ2) is 9.10. The van der Waals surface area contributed by atoms with Gasteiger partial charge in [0.05, 0.1) is 13.2 Å². The fourth-order valence-corrected chi connectivity index (χ4v) is 2.13. The zero-order valence-electron chi connectivity index (χ0n) is 12.3. The van der Waals surface area contributed by atoms with Crippen LogP contribution in [0, 0.1) is 0 Å². The van der Waals surface area contributed by atoms with Crippen molar-refractivity contribution in [2.45, 2.75) is 64.8 Å². The molecule has 0 bridgehead atoms. The molecule has 1 rings (SSSR count). The maximum atomic E-state index is 11.5. The number of methoxy groups -OCH3 is 1. The summed E-state index contributed by atoms with van der Waals surface area (Å²) in [7, 11) is 1.42. The molecule has 1 saturated heterocycles. The lowest BCUT2D eigenvalue weighted by Gasteiger charge is -2.25. The van der Waals surface area contributed by atoms with E-state index in [0.717, 1.165) is 44.3 Å². The van der Waals surface area contributed by atoms with Crippen LogP contribution in [0.15, 0.2) is 11.6 Å². The topological polar surface area (TPSA) is 44.8 Å². The van der Waals surface area contributed by atoms with Crippen LogP contribution < -0.4 is 0 Å². The normalized spacial score (nSPS) is 22.1. The molecule has 2 unspecified atom stereocenters. The molecule has 0 N–H and O–H groups in total. The molecule has 1 aliphatic rings. The summed E-state index contributed by atoms with van der Waals surface area (Å²) in [6.07, 6.45) is 7.55. The van der Waals surface area contributed by atoms with E-state index in [-0.39, 0.29) is 18.4 Å². The minimum Gasteiger partial charge on any atom is -0.466 e. The molecule has 4 heteroatoms. The van der Waals surface area contributed by atoms with Gasteiger partial charge in [-0.2, -0.15) is 0 Å². The van der Waals surface area contributed by atoms with E-state index in [1.54, 1.807) is 0 Å². The third-order valence-electron chi connectivity index (χ3n) is 3.19. The van der Waals surface area contributed by atoms with E-state index < -0.39 is 0 Å². The standard InChI is InChI=1S/C15H26O4/c1-4-7-13(15(16)17-3)10-9-12(2)19-14-8-5-6-11-18-14/h10,12,14H,4-9,11H2,1-3H3/b13-10+. The van der Waals surface area contributed by atoms with Gasteiger partial charge in [0.25, 0.3) is 0 Å². The van der Waals surface area contributed by atoms with Gasteiger partial charge < -0.3 is 14.2 Å². The average Bonchev–Trinajstić information content (AvgIpc) is 2.43. The first-order valence-electron chi connectivity index (χ1n) is 7.21. The van der Waals surface area contributed by atoms with Crippen LogP contribution in [0.4, 0.5) is 0 Å². The summed E-state index contributed by atoms with van der Waals surface area (Å²) >= 11 is 0. The van der Waals surface area contributed by atoms with E-state index in [4.69, 9.17) is 14.2 Å². The van der Waals surface area contributed by atoms with Crippen molar-refractivity contribution >= 4 is 5.97 Å². The highest BCUT2D eigenvalue weighted by atomic mass is 16.7. The highest BCUT2D eigenvalue weighted by molar-refractivity contribution is 5.88. The summed E-state index contributed by atoms with van der Waals surface area (Å²) in [5, 5.41) is 0. The lowest BCUT2D eigenvalue weighted by Crippen LogP contribution is -2.26. The van der Waals surface area contributed by atoms with Gasteiger partial charge in [-0.1, -0.05) is 19.4 Å². The molecule has 1 aliphatic heterocycles. The first-order valence-corrected chi connectivity index (χ1v) is 7.21. The summed E-state index contributed by atoms with van der Waals surface area (Å²) in [5.41, 5.74) is 0.741. The predicted molar refractivity (Wildman–Crippen MR) is 73.8 cm³/mol. The molecule has 0 aromatic carbocycles. The fraction of sp³-hybridized carbons (Fsp3) is 0.800. The lowest BCUT2D eigenvalue weighted by molar-refractivity contribution is -0.183. The molecule has 0 aromatic heterocycles. The Kier molecular flexibility index (Phi) is 7.75. The summed E-state index contributed by atoms with van der Waals surface area (Å²) in [6, 6.07) is 0. The first kappa shape index (κ1) is 16.2. The molecular weight excluding hydrogens is 244 g/mol. The van der Waals surface area contributed by atoms with Gasteiger partial charge in [0, 0.05) is 12.2 Å². The SMILES string of the molecule is CCC/C(=C\CC(C)OC1CCCCO1)C(=O)OC. The predicted octanol–water partition coefficient (Wildman–Crippen LogP) is 3.21. The van der Waals surface area contributed by atoms with E-state index in [1.165, 1.54) is 7.11 Å². The Bertz CT molecular complexity index is 293. The molecule has 0 saturated carbocycles. The Hall–Kier alpha value is -0.870. The number of carbonyl (C=O) groups is 1. The van der Waals surface area contributed by atoms with Crippen molar-refractivity contribution in [3.63, 3.8) is 0 Å². The number of rotatable bonds is 7. The number of hydrogen-bond donors (Lipinski definition) is 0. The minimum absolute atomic E-state index is 0.0552. The van der Waals surface area contributed by atoms with Gasteiger partial charge in [0.1, 0.15) is 0 Å². The van der Waals surface area contributed by atoms with Gasteiger partial charge >= 0.3 is 5.97 Å². The Labute approximate surface area is 116 Å². The lowest BCUT2D eigenvalue weighted by atomic mass is 10.1. The molecule has 2 atom stereocenters. The maximum Gasteiger partial charge on any atom is 0.333 e. The van der Waals surface area contributed by atoms with Gasteiger partial charge in [0.2, 0.25) is 0 Å². The Morgan fingerprint density at radius 1 is 1.47 bits per heavy atom. The second-order valence-corrected chi connectivity index (χ2v) is 4.95. The average molecular weight is 270 g/mol. The van der Waals surface area contributed by atoms with Crippen LogP contribution in [0.25, 0.3) is 0 Å². The molecule has 1 heterocycles. The Morgan fingerprint density at radius 3 is 2.84 bits per heavy atom. The van der Waals surface area contributed by atoms with Crippen molar-refractivity contribution in [1.82, 2.24) is 0 Å². The quantitative estimate of drug-likeness (QED) is 0.526. The minimum atomic E-state index is -0.233. The monoisotopic (exact) mass is 270 g/mol. The van der Waals surface area contributed by atoms with Crippen LogP contribution in [-0.4, -0.2) is 32.1 Å². The van der Waals surface area contributed by atoms with E-state index in [2.05, 4.69) is 0 Å². The molecule has 1 fully saturated rings. The van der Waals surface area contributed by atoms with Crippen LogP contribution in [0.1, 0.15) is 52.4 Å². The van der Waals surface area contributed by atoms with Gasteiger partial charge in [-0.05, 0) is 39.0 Å². The first-order chi connectivity index (χ1) is 9.17.